The molecule has 2 aromatic carbocycles. The van der Waals surface area contributed by atoms with Crippen molar-refractivity contribution < 1.29 is 9.15 Å². The Kier molecular flexibility index (Phi) is 3.71. The van der Waals surface area contributed by atoms with Crippen LogP contribution in [-0.4, -0.2) is 9.97 Å². The quantitative estimate of drug-likeness (QED) is 0.544. The van der Waals surface area contributed by atoms with Gasteiger partial charge in [0.2, 0.25) is 5.89 Å². The smallest absolute Gasteiger partial charge is 0.226 e. The summed E-state index contributed by atoms with van der Waals surface area (Å²) in [6.07, 6.45) is 1.63. The second-order valence-corrected chi connectivity index (χ2v) is 5.58. The van der Waals surface area contributed by atoms with Crippen LogP contribution in [0.5, 0.6) is 5.75 Å². The van der Waals surface area contributed by atoms with E-state index in [0.29, 0.717) is 12.5 Å². The second kappa shape index (κ2) is 6.16. The highest BCUT2D eigenvalue weighted by Gasteiger charge is 2.09. The lowest BCUT2D eigenvalue weighted by Gasteiger charge is -2.07. The molecule has 4 nitrogen and oxygen atoms in total. The summed E-state index contributed by atoms with van der Waals surface area (Å²) < 4.78 is 11.5. The average molecular weight is 316 g/mol. The number of ether oxygens (including phenoxy) is 1. The first-order valence-electron chi connectivity index (χ1n) is 7.78. The number of aromatic nitrogens is 2. The van der Waals surface area contributed by atoms with Crippen molar-refractivity contribution in [2.45, 2.75) is 13.5 Å². The fourth-order valence-electron chi connectivity index (χ4n) is 2.57. The molecule has 0 bridgehead atoms. The van der Waals surface area contributed by atoms with Crippen molar-refractivity contribution in [2.75, 3.05) is 0 Å². The van der Waals surface area contributed by atoms with E-state index in [-0.39, 0.29) is 0 Å². The Labute approximate surface area is 139 Å². The Hall–Kier alpha value is -3.14. The molecule has 0 amide bonds. The topological polar surface area (TPSA) is 48.2 Å². The highest BCUT2D eigenvalue weighted by atomic mass is 16.5. The van der Waals surface area contributed by atoms with Gasteiger partial charge in [0, 0.05) is 16.6 Å². The van der Waals surface area contributed by atoms with Crippen LogP contribution in [-0.2, 0) is 6.61 Å². The summed E-state index contributed by atoms with van der Waals surface area (Å²) >= 11 is 0. The lowest BCUT2D eigenvalue weighted by Crippen LogP contribution is -1.97. The van der Waals surface area contributed by atoms with Gasteiger partial charge in [-0.3, -0.25) is 0 Å². The minimum Gasteiger partial charge on any atom is -0.485 e. The molecular weight excluding hydrogens is 300 g/mol. The summed E-state index contributed by atoms with van der Waals surface area (Å²) in [6.45, 7) is 2.31. The third-order valence-electron chi connectivity index (χ3n) is 3.77. The molecule has 0 aliphatic heterocycles. The average Bonchev–Trinajstić information content (AvgIpc) is 3.10. The SMILES string of the molecule is Cc1ccc2cccc(OCc3coc(-c4ccccc4)n3)c2n1. The Morgan fingerprint density at radius 3 is 2.67 bits per heavy atom. The number of nitrogens with zero attached hydrogens (tertiary/aromatic N) is 2. The summed E-state index contributed by atoms with van der Waals surface area (Å²) in [5.41, 5.74) is 3.53. The van der Waals surface area contributed by atoms with E-state index in [9.17, 15) is 0 Å². The number of oxazole rings is 1. The summed E-state index contributed by atoms with van der Waals surface area (Å²) in [6, 6.07) is 19.8. The molecule has 0 N–H and O–H groups in total. The van der Waals surface area contributed by atoms with Crippen LogP contribution in [0, 0.1) is 6.92 Å². The van der Waals surface area contributed by atoms with Gasteiger partial charge in [0.1, 0.15) is 29.8 Å². The summed E-state index contributed by atoms with van der Waals surface area (Å²) in [4.78, 5) is 9.05. The predicted octanol–water partition coefficient (Wildman–Crippen LogP) is 4.78. The van der Waals surface area contributed by atoms with Crippen molar-refractivity contribution in [2.24, 2.45) is 0 Å². The van der Waals surface area contributed by atoms with Crippen LogP contribution in [0.15, 0.2) is 71.3 Å². The van der Waals surface area contributed by atoms with E-state index in [1.54, 1.807) is 6.26 Å². The van der Waals surface area contributed by atoms with Crippen molar-refractivity contribution in [3.8, 4) is 17.2 Å². The van der Waals surface area contributed by atoms with Crippen LogP contribution >= 0.6 is 0 Å². The van der Waals surface area contributed by atoms with Crippen molar-refractivity contribution in [3.05, 3.63) is 78.3 Å². The molecule has 4 aromatic rings. The Morgan fingerprint density at radius 2 is 1.79 bits per heavy atom. The molecule has 0 fully saturated rings. The summed E-state index contributed by atoms with van der Waals surface area (Å²) in [5, 5.41) is 1.06. The molecule has 0 saturated carbocycles. The zero-order chi connectivity index (χ0) is 16.4. The summed E-state index contributed by atoms with van der Waals surface area (Å²) in [5.74, 6) is 1.35. The normalized spacial score (nSPS) is 10.9. The van der Waals surface area contributed by atoms with Crippen LogP contribution in [0.4, 0.5) is 0 Å². The first-order chi connectivity index (χ1) is 11.8. The monoisotopic (exact) mass is 316 g/mol. The number of rotatable bonds is 4. The first-order valence-corrected chi connectivity index (χ1v) is 7.78. The van der Waals surface area contributed by atoms with Gasteiger partial charge in [-0.2, -0.15) is 0 Å². The lowest BCUT2D eigenvalue weighted by molar-refractivity contribution is 0.304. The number of fused-ring (bicyclic) bond motifs is 1. The molecule has 0 spiro atoms. The molecule has 0 aliphatic rings. The van der Waals surface area contributed by atoms with E-state index >= 15 is 0 Å². The standard InChI is InChI=1S/C20H16N2O2/c1-14-10-11-15-8-5-9-18(19(15)21-14)23-12-17-13-24-20(22-17)16-6-3-2-4-7-16/h2-11,13H,12H2,1H3. The van der Waals surface area contributed by atoms with E-state index in [0.717, 1.165) is 33.6 Å². The minimum absolute atomic E-state index is 0.338. The van der Waals surface area contributed by atoms with Crippen LogP contribution in [0.1, 0.15) is 11.4 Å². The van der Waals surface area contributed by atoms with Gasteiger partial charge in [0.15, 0.2) is 0 Å². The predicted molar refractivity (Wildman–Crippen MR) is 92.8 cm³/mol. The van der Waals surface area contributed by atoms with Gasteiger partial charge in [0.05, 0.1) is 0 Å². The molecular formula is C20H16N2O2. The highest BCUT2D eigenvalue weighted by Crippen LogP contribution is 2.25. The third kappa shape index (κ3) is 2.86. The Balaban J connectivity index is 1.56. The molecule has 118 valence electrons. The van der Waals surface area contributed by atoms with Crippen LogP contribution in [0.3, 0.4) is 0 Å². The number of pyridine rings is 1. The molecule has 4 heteroatoms. The zero-order valence-corrected chi connectivity index (χ0v) is 13.3. The van der Waals surface area contributed by atoms with Crippen molar-refractivity contribution in [1.82, 2.24) is 9.97 Å². The molecule has 24 heavy (non-hydrogen) atoms. The molecule has 4 rings (SSSR count). The van der Waals surface area contributed by atoms with Crippen LogP contribution in [0.25, 0.3) is 22.4 Å². The maximum absolute atomic E-state index is 5.92. The molecule has 2 heterocycles. The Bertz CT molecular complexity index is 977. The van der Waals surface area contributed by atoms with Crippen molar-refractivity contribution >= 4 is 10.9 Å². The molecule has 0 aliphatic carbocycles. The molecule has 0 radical (unpaired) electrons. The van der Waals surface area contributed by atoms with E-state index < -0.39 is 0 Å². The van der Waals surface area contributed by atoms with Crippen LogP contribution in [0.2, 0.25) is 0 Å². The molecule has 0 unspecified atom stereocenters. The maximum atomic E-state index is 5.92. The first kappa shape index (κ1) is 14.5. The number of hydrogen-bond donors (Lipinski definition) is 0. The number of aryl methyl sites for hydroxylation is 1. The number of para-hydroxylation sites is 1. The summed E-state index contributed by atoms with van der Waals surface area (Å²) in [7, 11) is 0. The van der Waals surface area contributed by atoms with Gasteiger partial charge >= 0.3 is 0 Å². The van der Waals surface area contributed by atoms with Gasteiger partial charge in [-0.1, -0.05) is 36.4 Å². The minimum atomic E-state index is 0.338. The fourth-order valence-corrected chi connectivity index (χ4v) is 2.57. The lowest BCUT2D eigenvalue weighted by atomic mass is 10.2. The van der Waals surface area contributed by atoms with Crippen LogP contribution < -0.4 is 4.74 Å². The third-order valence-corrected chi connectivity index (χ3v) is 3.77. The van der Waals surface area contributed by atoms with Gasteiger partial charge in [-0.25, -0.2) is 9.97 Å². The van der Waals surface area contributed by atoms with Crippen molar-refractivity contribution in [3.63, 3.8) is 0 Å². The van der Waals surface area contributed by atoms with Gasteiger partial charge in [0.25, 0.3) is 0 Å². The van der Waals surface area contributed by atoms with E-state index in [2.05, 4.69) is 9.97 Å². The largest absolute Gasteiger partial charge is 0.485 e. The van der Waals surface area contributed by atoms with Gasteiger partial charge < -0.3 is 9.15 Å². The number of hydrogen-bond acceptors (Lipinski definition) is 4. The molecule has 0 atom stereocenters. The zero-order valence-electron chi connectivity index (χ0n) is 13.3. The maximum Gasteiger partial charge on any atom is 0.226 e. The second-order valence-electron chi connectivity index (χ2n) is 5.58. The van der Waals surface area contributed by atoms with Gasteiger partial charge in [-0.15, -0.1) is 0 Å². The van der Waals surface area contributed by atoms with E-state index in [4.69, 9.17) is 9.15 Å². The molecule has 2 aromatic heterocycles. The van der Waals surface area contributed by atoms with E-state index in [1.807, 2.05) is 67.6 Å². The molecule has 0 saturated heterocycles. The van der Waals surface area contributed by atoms with Gasteiger partial charge in [-0.05, 0) is 31.2 Å². The fraction of sp³-hybridized carbons (Fsp3) is 0.100. The van der Waals surface area contributed by atoms with E-state index in [1.165, 1.54) is 0 Å². The number of benzene rings is 2. The Morgan fingerprint density at radius 1 is 0.917 bits per heavy atom. The van der Waals surface area contributed by atoms with Crippen molar-refractivity contribution in [1.29, 1.82) is 0 Å². The highest BCUT2D eigenvalue weighted by molar-refractivity contribution is 5.84.